The molecule has 0 saturated heterocycles. The summed E-state index contributed by atoms with van der Waals surface area (Å²) in [6.45, 7) is 2.06. The van der Waals surface area contributed by atoms with Gasteiger partial charge in [0.2, 0.25) is 0 Å². The average molecular weight is 183 g/mol. The zero-order chi connectivity index (χ0) is 9.80. The van der Waals surface area contributed by atoms with Gasteiger partial charge in [-0.25, -0.2) is 0 Å². The van der Waals surface area contributed by atoms with Crippen LogP contribution in [0.4, 0.5) is 0 Å². The predicted octanol–water partition coefficient (Wildman–Crippen LogP) is 3.60. The first kappa shape index (κ1) is 8.82. The molecule has 1 heterocycles. The van der Waals surface area contributed by atoms with Crippen molar-refractivity contribution < 1.29 is 0 Å². The highest BCUT2D eigenvalue weighted by atomic mass is 14.7. The lowest BCUT2D eigenvalue weighted by Gasteiger charge is -1.93. The highest BCUT2D eigenvalue weighted by Crippen LogP contribution is 2.07. The van der Waals surface area contributed by atoms with Crippen LogP contribution in [0.5, 0.6) is 0 Å². The Balaban J connectivity index is 2.86. The van der Waals surface area contributed by atoms with E-state index in [4.69, 9.17) is 0 Å². The summed E-state index contributed by atoms with van der Waals surface area (Å²) in [5.74, 6) is 0. The van der Waals surface area contributed by atoms with Gasteiger partial charge in [-0.1, -0.05) is 42.5 Å². The third-order valence-electron chi connectivity index (χ3n) is 2.14. The van der Waals surface area contributed by atoms with Crippen LogP contribution in [0.2, 0.25) is 0 Å². The molecule has 1 N–H and O–H groups in total. The van der Waals surface area contributed by atoms with Crippen LogP contribution in [0, 0.1) is 6.92 Å². The normalized spacial score (nSPS) is 9.79. The monoisotopic (exact) mass is 183 g/mol. The van der Waals surface area contributed by atoms with E-state index in [1.165, 1.54) is 5.39 Å². The van der Waals surface area contributed by atoms with Crippen LogP contribution in [0.1, 0.15) is 5.69 Å². The molecule has 1 aromatic heterocycles. The lowest BCUT2D eigenvalue weighted by molar-refractivity contribution is 1.27. The van der Waals surface area contributed by atoms with Crippen molar-refractivity contribution in [2.45, 2.75) is 6.92 Å². The Morgan fingerprint density at radius 2 is 1.43 bits per heavy atom. The molecule has 0 fully saturated rings. The Kier molecular flexibility index (Phi) is 2.50. The molecule has 0 aliphatic heterocycles. The Labute approximate surface area is 83.7 Å². The maximum atomic E-state index is 3.36. The van der Waals surface area contributed by atoms with Gasteiger partial charge in [0, 0.05) is 11.2 Å². The van der Waals surface area contributed by atoms with E-state index in [1.54, 1.807) is 0 Å². The largest absolute Gasteiger partial charge is 0.359 e. The molecule has 1 nitrogen and oxygen atoms in total. The van der Waals surface area contributed by atoms with Crippen molar-refractivity contribution in [3.8, 4) is 0 Å². The third kappa shape index (κ3) is 1.94. The number of H-pyrrole nitrogens is 1. The number of hydrogen-bond donors (Lipinski definition) is 1. The fourth-order valence-electron chi connectivity index (χ4n) is 1.43. The molecule has 2 aromatic rings. The number of aromatic nitrogens is 1. The van der Waals surface area contributed by atoms with Crippen molar-refractivity contribution in [2.24, 2.45) is 0 Å². The molecule has 70 valence electrons. The van der Waals surface area contributed by atoms with Crippen molar-refractivity contribution in [1.82, 2.24) is 4.98 Å². The summed E-state index contributed by atoms with van der Waals surface area (Å²) in [7, 11) is 0. The van der Waals surface area contributed by atoms with Crippen LogP contribution in [0.15, 0.2) is 54.6 Å². The van der Waals surface area contributed by atoms with Crippen molar-refractivity contribution in [1.29, 1.82) is 0 Å². The Morgan fingerprint density at radius 1 is 0.786 bits per heavy atom. The fourth-order valence-corrected chi connectivity index (χ4v) is 1.43. The topological polar surface area (TPSA) is 15.8 Å². The molecule has 0 aliphatic rings. The molecule has 0 aliphatic carbocycles. The second kappa shape index (κ2) is 3.97. The van der Waals surface area contributed by atoms with Crippen LogP contribution in [-0.4, -0.2) is 4.98 Å². The van der Waals surface area contributed by atoms with Crippen molar-refractivity contribution in [3.05, 3.63) is 60.3 Å². The number of hydrogen-bond acceptors (Lipinski definition) is 0. The zero-order valence-corrected chi connectivity index (χ0v) is 8.20. The summed E-state index contributed by atoms with van der Waals surface area (Å²) in [6, 6.07) is 18.6. The second-order valence-corrected chi connectivity index (χ2v) is 3.31. The minimum atomic E-state index is 1.15. The Morgan fingerprint density at radius 3 is 2.29 bits per heavy atom. The first-order valence-corrected chi connectivity index (χ1v) is 4.74. The van der Waals surface area contributed by atoms with E-state index in [-0.39, 0.29) is 0 Å². The summed E-state index contributed by atoms with van der Waals surface area (Å²) in [5.41, 5.74) is 2.30. The number of nitrogens with one attached hydrogen (secondary N) is 1. The number of rotatable bonds is 0. The lowest BCUT2D eigenvalue weighted by atomic mass is 10.2. The first-order chi connectivity index (χ1) is 6.86. The molecule has 0 atom stereocenters. The Bertz CT molecular complexity index is 481. The highest BCUT2D eigenvalue weighted by Gasteiger charge is 1.86. The summed E-state index contributed by atoms with van der Waals surface area (Å²) in [4.78, 5) is 3.36. The van der Waals surface area contributed by atoms with E-state index in [9.17, 15) is 0 Å². The molecule has 0 amide bonds. The highest BCUT2D eigenvalue weighted by molar-refractivity contribution is 5.77. The minimum Gasteiger partial charge on any atom is -0.359 e. The van der Waals surface area contributed by atoms with Gasteiger partial charge in [-0.2, -0.15) is 0 Å². The van der Waals surface area contributed by atoms with Crippen LogP contribution < -0.4 is 0 Å². The molecule has 0 spiro atoms. The van der Waals surface area contributed by atoms with E-state index in [0.29, 0.717) is 0 Å². The summed E-state index contributed by atoms with van der Waals surface area (Å²) >= 11 is 0. The van der Waals surface area contributed by atoms with Gasteiger partial charge < -0.3 is 4.98 Å². The maximum Gasteiger partial charge on any atom is 0.0455 e. The molecule has 14 heavy (non-hydrogen) atoms. The van der Waals surface area contributed by atoms with E-state index < -0.39 is 0 Å². The quantitative estimate of drug-likeness (QED) is 0.642. The minimum absolute atomic E-state index is 1.15. The van der Waals surface area contributed by atoms with Gasteiger partial charge in [-0.3, -0.25) is 0 Å². The number of aryl methyl sites for hydroxylation is 1. The average Bonchev–Trinajstić information content (AvgIpc) is 2.27. The first-order valence-electron chi connectivity index (χ1n) is 4.74. The summed E-state index contributed by atoms with van der Waals surface area (Å²) < 4.78 is 0. The number of aromatic amines is 1. The number of fused-ring (bicyclic) bond motifs is 1. The van der Waals surface area contributed by atoms with Crippen molar-refractivity contribution >= 4 is 10.9 Å². The predicted molar refractivity (Wildman–Crippen MR) is 60.7 cm³/mol. The van der Waals surface area contributed by atoms with Crippen molar-refractivity contribution in [3.63, 3.8) is 0 Å². The van der Waals surface area contributed by atoms with Gasteiger partial charge in [-0.15, -0.1) is 0 Å². The summed E-state index contributed by atoms with van der Waals surface area (Å²) in [6.07, 6.45) is 0. The standard InChI is InChI=1S/C13H13N/c1-11-7-3-2-4-8-12-9-5-6-10-13(12)14-11/h2-10,14H,1H3. The van der Waals surface area contributed by atoms with Crippen LogP contribution in [0.3, 0.4) is 0 Å². The smallest absolute Gasteiger partial charge is 0.0455 e. The fraction of sp³-hybridized carbons (Fsp3) is 0.0769. The van der Waals surface area contributed by atoms with Gasteiger partial charge >= 0.3 is 0 Å². The van der Waals surface area contributed by atoms with Crippen LogP contribution >= 0.6 is 0 Å². The number of benzene rings is 1. The van der Waals surface area contributed by atoms with Gasteiger partial charge in [-0.05, 0) is 24.4 Å². The SMILES string of the molecule is Cc1cccccc2ccccc2[nH]1. The zero-order valence-electron chi connectivity index (χ0n) is 8.20. The molecule has 0 saturated carbocycles. The molecule has 1 heteroatoms. The van der Waals surface area contributed by atoms with Crippen LogP contribution in [0.25, 0.3) is 10.9 Å². The van der Waals surface area contributed by atoms with Gasteiger partial charge in [0.25, 0.3) is 0 Å². The van der Waals surface area contributed by atoms with Gasteiger partial charge in [0.05, 0.1) is 0 Å². The number of para-hydroxylation sites is 1. The van der Waals surface area contributed by atoms with E-state index in [1.807, 2.05) is 24.3 Å². The van der Waals surface area contributed by atoms with Crippen molar-refractivity contribution in [2.75, 3.05) is 0 Å². The van der Waals surface area contributed by atoms with E-state index >= 15 is 0 Å². The van der Waals surface area contributed by atoms with E-state index in [0.717, 1.165) is 11.2 Å². The van der Waals surface area contributed by atoms with E-state index in [2.05, 4.69) is 42.2 Å². The Hall–Kier alpha value is -1.76. The van der Waals surface area contributed by atoms with Gasteiger partial charge in [0.1, 0.15) is 0 Å². The molecule has 0 bridgehead atoms. The van der Waals surface area contributed by atoms with Crippen LogP contribution in [-0.2, 0) is 0 Å². The molecular weight excluding hydrogens is 170 g/mol. The lowest BCUT2D eigenvalue weighted by Crippen LogP contribution is -1.75. The molecule has 2 rings (SSSR count). The summed E-state index contributed by atoms with van der Waals surface area (Å²) in [5, 5.41) is 1.21. The molecular formula is C13H13N. The molecule has 0 unspecified atom stereocenters. The van der Waals surface area contributed by atoms with Gasteiger partial charge in [0.15, 0.2) is 0 Å². The third-order valence-corrected chi connectivity index (χ3v) is 2.14. The molecule has 1 aromatic carbocycles. The second-order valence-electron chi connectivity index (χ2n) is 3.31. The molecule has 0 radical (unpaired) electrons. The maximum absolute atomic E-state index is 3.36.